The van der Waals surface area contributed by atoms with Gasteiger partial charge in [-0.25, -0.2) is 0 Å². The van der Waals surface area contributed by atoms with Crippen LogP contribution in [0.15, 0.2) is 0 Å². The van der Waals surface area contributed by atoms with Gasteiger partial charge in [0, 0.05) is 0 Å². The third-order valence-corrected chi connectivity index (χ3v) is 5.75. The van der Waals surface area contributed by atoms with Crippen molar-refractivity contribution < 1.29 is 150 Å². The molecule has 0 aliphatic heterocycles. The molecular formula is C15F33NO. The van der Waals surface area contributed by atoms with Crippen molar-refractivity contribution in [2.24, 2.45) is 0 Å². The van der Waals surface area contributed by atoms with Crippen molar-refractivity contribution in [2.75, 3.05) is 0 Å². The highest BCUT2D eigenvalue weighted by molar-refractivity contribution is 5.11. The molecule has 302 valence electrons. The minimum absolute atomic E-state index is 8.73. The quantitative estimate of drug-likeness (QED) is 0.0831. The van der Waals surface area contributed by atoms with Gasteiger partial charge in [0.15, 0.2) is 0 Å². The first kappa shape index (κ1) is 47.6. The van der Waals surface area contributed by atoms with E-state index < -0.39 is 94.6 Å². The summed E-state index contributed by atoms with van der Waals surface area (Å²) < 4.78 is 428. The Morgan fingerprint density at radius 2 is 0.320 bits per heavy atom. The number of rotatable bonds is 12. The number of alkyl halides is 33. The molecule has 0 saturated heterocycles. The van der Waals surface area contributed by atoms with Gasteiger partial charge in [-0.1, -0.05) is 0 Å². The average Bonchev–Trinajstić information content (AvgIpc) is 2.84. The molecule has 0 radical (unpaired) electrons. The molecule has 0 aromatic carbocycles. The SMILES string of the molecule is [O-][N+](C(F)(F)C(F)(F)C(F)(F)C(F)(F)C(F)(F)F)(C(F)(F)C(F)(F)C(F)(F)C(F)(F)C(F)(F)F)C(F)(F)C(F)(F)C(F)(F)C(F)(F)C(F)(F)F. The molecular weight excluding hydrogens is 837 g/mol. The molecule has 0 unspecified atom stereocenters. The van der Waals surface area contributed by atoms with Crippen LogP contribution in [0, 0.1) is 5.21 Å². The summed E-state index contributed by atoms with van der Waals surface area (Å²) in [6.07, 6.45) is -26.2. The lowest BCUT2D eigenvalue weighted by Gasteiger charge is -2.58. The molecule has 0 amide bonds. The summed E-state index contributed by atoms with van der Waals surface area (Å²) in [6, 6.07) is -32.9. The highest BCUT2D eigenvalue weighted by Crippen LogP contribution is 2.70. The van der Waals surface area contributed by atoms with Crippen LogP contribution in [0.1, 0.15) is 0 Å². The van der Waals surface area contributed by atoms with E-state index in [9.17, 15) is 150 Å². The lowest BCUT2D eigenvalue weighted by atomic mass is 9.94. The van der Waals surface area contributed by atoms with Gasteiger partial charge in [0.2, 0.25) is 0 Å². The predicted molar refractivity (Wildman–Crippen MR) is 81.2 cm³/mol. The Morgan fingerprint density at radius 3 is 0.420 bits per heavy atom. The zero-order valence-electron chi connectivity index (χ0n) is 20.8. The molecule has 50 heavy (non-hydrogen) atoms. The van der Waals surface area contributed by atoms with Gasteiger partial charge >= 0.3 is 90.0 Å². The van der Waals surface area contributed by atoms with Crippen LogP contribution in [-0.4, -0.2) is 94.6 Å². The summed E-state index contributed by atoms with van der Waals surface area (Å²) in [7, 11) is 0. The first-order chi connectivity index (χ1) is 20.8. The third-order valence-electron chi connectivity index (χ3n) is 5.75. The van der Waals surface area contributed by atoms with Crippen molar-refractivity contribution in [3.8, 4) is 0 Å². The van der Waals surface area contributed by atoms with E-state index >= 15 is 0 Å². The normalized spacial score (nSPS) is 17.4. The zero-order chi connectivity index (χ0) is 42.0. The number of hydroxylamine groups is 3. The van der Waals surface area contributed by atoms with E-state index in [1.807, 2.05) is 0 Å². The monoisotopic (exact) mass is 837 g/mol. The second kappa shape index (κ2) is 11.1. The Labute approximate surface area is 246 Å². The molecule has 0 N–H and O–H groups in total. The Hall–Kier alpha value is -2.39. The fraction of sp³-hybridized carbons (Fsp3) is 1.00. The Kier molecular flexibility index (Phi) is 10.5. The number of hydrogen-bond acceptors (Lipinski definition) is 1. The van der Waals surface area contributed by atoms with Gasteiger partial charge in [0.1, 0.15) is 0 Å². The third kappa shape index (κ3) is 5.16. The van der Waals surface area contributed by atoms with Crippen LogP contribution in [0.2, 0.25) is 0 Å². The van der Waals surface area contributed by atoms with Gasteiger partial charge in [-0.05, 0) is 0 Å². The van der Waals surface area contributed by atoms with Crippen LogP contribution in [0.5, 0.6) is 0 Å². The Bertz CT molecular complexity index is 1090. The minimum Gasteiger partial charge on any atom is -0.619 e. The van der Waals surface area contributed by atoms with Crippen molar-refractivity contribution in [3.63, 3.8) is 0 Å². The Morgan fingerprint density at radius 1 is 0.200 bits per heavy atom. The van der Waals surface area contributed by atoms with E-state index in [1.54, 1.807) is 0 Å². The van der Waals surface area contributed by atoms with Crippen molar-refractivity contribution in [2.45, 2.75) is 90.0 Å². The van der Waals surface area contributed by atoms with Crippen LogP contribution < -0.4 is 0 Å². The number of hydrogen-bond donors (Lipinski definition) is 0. The van der Waals surface area contributed by atoms with E-state index in [2.05, 4.69) is 0 Å². The van der Waals surface area contributed by atoms with Crippen molar-refractivity contribution >= 4 is 0 Å². The van der Waals surface area contributed by atoms with Crippen LogP contribution in [-0.2, 0) is 0 Å². The summed E-state index contributed by atoms with van der Waals surface area (Å²) in [4.78, 5) is 0. The maximum Gasteiger partial charge on any atom is 0.471 e. The summed E-state index contributed by atoms with van der Waals surface area (Å²) in [5, 5.41) is 11.8. The van der Waals surface area contributed by atoms with Gasteiger partial charge in [0.25, 0.3) is 0 Å². The maximum absolute atomic E-state index is 14.3. The van der Waals surface area contributed by atoms with Crippen molar-refractivity contribution in [1.29, 1.82) is 0 Å². The molecule has 0 spiro atoms. The maximum atomic E-state index is 14.3. The molecule has 2 nitrogen and oxygen atoms in total. The van der Waals surface area contributed by atoms with Crippen LogP contribution in [0.25, 0.3) is 0 Å². The summed E-state index contributed by atoms with van der Waals surface area (Å²) >= 11 is 0. The summed E-state index contributed by atoms with van der Waals surface area (Å²) in [5.41, 5.74) is 0. The van der Waals surface area contributed by atoms with Gasteiger partial charge in [0.05, 0.1) is 0 Å². The molecule has 0 saturated carbocycles. The van der Waals surface area contributed by atoms with Crippen LogP contribution in [0.3, 0.4) is 0 Å². The standard InChI is InChI=1S/C15F33NO/c16-1(17,4(22,23)10(34,35)36)7(28,29)13(43,44)49(50,14(45,46)8(30,31)2(18,19)5(24,25)11(37,38)39)15(47,48)9(32,33)3(20,21)6(26,27)12(40,41)42. The first-order valence-electron chi connectivity index (χ1n) is 10.1. The van der Waals surface area contributed by atoms with Crippen molar-refractivity contribution in [3.05, 3.63) is 5.21 Å². The lowest BCUT2D eigenvalue weighted by Crippen LogP contribution is -2.89. The number of nitrogens with zero attached hydrogens (tertiary/aromatic N) is 1. The largest absolute Gasteiger partial charge is 0.619 e. The molecule has 0 bridgehead atoms. The molecule has 0 heterocycles. The molecule has 0 aromatic heterocycles. The number of halogens is 33. The second-order valence-electron chi connectivity index (χ2n) is 8.90. The molecule has 0 atom stereocenters. The topological polar surface area (TPSA) is 23.1 Å². The summed E-state index contributed by atoms with van der Waals surface area (Å²) in [6.45, 7) is 0. The zero-order valence-corrected chi connectivity index (χ0v) is 20.8. The molecule has 0 aromatic rings. The van der Waals surface area contributed by atoms with Crippen LogP contribution >= 0.6 is 0 Å². The molecule has 0 aliphatic rings. The fourth-order valence-corrected chi connectivity index (χ4v) is 2.81. The van der Waals surface area contributed by atoms with Gasteiger partial charge < -0.3 is 5.21 Å². The van der Waals surface area contributed by atoms with E-state index in [0.29, 0.717) is 0 Å². The first-order valence-corrected chi connectivity index (χ1v) is 10.1. The van der Waals surface area contributed by atoms with E-state index in [0.717, 1.165) is 0 Å². The van der Waals surface area contributed by atoms with Gasteiger partial charge in [-0.2, -0.15) is 123 Å². The molecule has 0 rings (SSSR count). The molecule has 0 fully saturated rings. The fourth-order valence-electron chi connectivity index (χ4n) is 2.81. The molecule has 35 heteroatoms. The summed E-state index contributed by atoms with van der Waals surface area (Å²) in [5.74, 6) is -89.2. The van der Waals surface area contributed by atoms with Crippen molar-refractivity contribution in [1.82, 2.24) is 0 Å². The lowest BCUT2D eigenvalue weighted by molar-refractivity contribution is -1.13. The average molecular weight is 837 g/mol. The van der Waals surface area contributed by atoms with Gasteiger partial charge in [-0.15, -0.1) is 26.3 Å². The van der Waals surface area contributed by atoms with Crippen LogP contribution in [0.4, 0.5) is 145 Å². The van der Waals surface area contributed by atoms with Gasteiger partial charge in [-0.3, -0.25) is 0 Å². The Balaban J connectivity index is 9.02. The van der Waals surface area contributed by atoms with E-state index in [-0.39, 0.29) is 0 Å². The highest BCUT2D eigenvalue weighted by atomic mass is 19.5. The highest BCUT2D eigenvalue weighted by Gasteiger charge is 3.04. The second-order valence-corrected chi connectivity index (χ2v) is 8.90. The predicted octanol–water partition coefficient (Wildman–Crippen LogP) is 10.5. The van der Waals surface area contributed by atoms with E-state index in [1.165, 1.54) is 0 Å². The van der Waals surface area contributed by atoms with E-state index in [4.69, 9.17) is 0 Å². The number of quaternary nitrogens is 1. The molecule has 0 aliphatic carbocycles. The smallest absolute Gasteiger partial charge is 0.471 e. The minimum atomic E-state index is -11.0.